The number of rotatable bonds is 6. The Hall–Kier alpha value is -1.40. The first-order valence-electron chi connectivity index (χ1n) is 6.00. The summed E-state index contributed by atoms with van der Waals surface area (Å²) in [7, 11) is 0. The summed E-state index contributed by atoms with van der Waals surface area (Å²) in [6.07, 6.45) is 1.44. The zero-order valence-electron chi connectivity index (χ0n) is 10.4. The predicted molar refractivity (Wildman–Crippen MR) is 67.0 cm³/mol. The van der Waals surface area contributed by atoms with Gasteiger partial charge in [0.2, 0.25) is 0 Å². The molecule has 1 rings (SSSR count). The van der Waals surface area contributed by atoms with E-state index in [1.165, 1.54) is 6.07 Å². The molecule has 0 heterocycles. The standard InChI is InChI=1S/C14H19FN2/c1-11(2)9-13(10-16)17-8-7-12-5-3-4-6-14(12)15/h3-6,11,13,17H,7-9H2,1-2H3. The van der Waals surface area contributed by atoms with E-state index in [2.05, 4.69) is 25.2 Å². The fourth-order valence-electron chi connectivity index (χ4n) is 1.74. The van der Waals surface area contributed by atoms with Crippen LogP contribution < -0.4 is 5.32 Å². The van der Waals surface area contributed by atoms with E-state index in [1.807, 2.05) is 6.07 Å². The molecule has 0 saturated carbocycles. The van der Waals surface area contributed by atoms with Gasteiger partial charge in [0.1, 0.15) is 5.82 Å². The van der Waals surface area contributed by atoms with Crippen LogP contribution in [0.15, 0.2) is 24.3 Å². The van der Waals surface area contributed by atoms with Gasteiger partial charge in [-0.05, 0) is 30.4 Å². The van der Waals surface area contributed by atoms with Crippen molar-refractivity contribution in [2.75, 3.05) is 6.54 Å². The lowest BCUT2D eigenvalue weighted by atomic mass is 10.0. The number of nitrogens with zero attached hydrogens (tertiary/aromatic N) is 1. The Balaban J connectivity index is 2.37. The van der Waals surface area contributed by atoms with Crippen molar-refractivity contribution >= 4 is 0 Å². The van der Waals surface area contributed by atoms with Gasteiger partial charge in [0.15, 0.2) is 0 Å². The van der Waals surface area contributed by atoms with Gasteiger partial charge in [-0.1, -0.05) is 32.0 Å². The smallest absolute Gasteiger partial charge is 0.126 e. The van der Waals surface area contributed by atoms with E-state index < -0.39 is 0 Å². The van der Waals surface area contributed by atoms with Crippen molar-refractivity contribution in [1.29, 1.82) is 5.26 Å². The molecule has 1 atom stereocenters. The molecule has 3 heteroatoms. The first-order valence-corrected chi connectivity index (χ1v) is 6.00. The van der Waals surface area contributed by atoms with Gasteiger partial charge in [0.25, 0.3) is 0 Å². The molecule has 0 bridgehead atoms. The van der Waals surface area contributed by atoms with Crippen molar-refractivity contribution in [2.45, 2.75) is 32.7 Å². The van der Waals surface area contributed by atoms with E-state index >= 15 is 0 Å². The molecule has 0 radical (unpaired) electrons. The van der Waals surface area contributed by atoms with Gasteiger partial charge in [-0.25, -0.2) is 4.39 Å². The molecule has 92 valence electrons. The molecule has 17 heavy (non-hydrogen) atoms. The van der Waals surface area contributed by atoms with Crippen LogP contribution in [0.3, 0.4) is 0 Å². The first-order chi connectivity index (χ1) is 8.13. The van der Waals surface area contributed by atoms with Crippen LogP contribution in [0.5, 0.6) is 0 Å². The van der Waals surface area contributed by atoms with E-state index in [1.54, 1.807) is 12.1 Å². The Morgan fingerprint density at radius 2 is 2.06 bits per heavy atom. The van der Waals surface area contributed by atoms with Crippen LogP contribution in [0.1, 0.15) is 25.8 Å². The van der Waals surface area contributed by atoms with Crippen LogP contribution >= 0.6 is 0 Å². The summed E-state index contributed by atoms with van der Waals surface area (Å²) in [4.78, 5) is 0. The molecule has 1 aromatic carbocycles. The van der Waals surface area contributed by atoms with E-state index in [0.717, 1.165) is 6.42 Å². The summed E-state index contributed by atoms with van der Waals surface area (Å²) in [5, 5.41) is 12.1. The molecule has 1 unspecified atom stereocenters. The van der Waals surface area contributed by atoms with Crippen molar-refractivity contribution in [1.82, 2.24) is 5.32 Å². The SMILES string of the molecule is CC(C)CC(C#N)NCCc1ccccc1F. The van der Waals surface area contributed by atoms with Crippen molar-refractivity contribution in [3.63, 3.8) is 0 Å². The molecule has 1 aromatic rings. The topological polar surface area (TPSA) is 35.8 Å². The molecule has 0 aliphatic heterocycles. The summed E-state index contributed by atoms with van der Waals surface area (Å²) in [5.41, 5.74) is 0.696. The zero-order chi connectivity index (χ0) is 12.7. The van der Waals surface area contributed by atoms with Gasteiger partial charge in [-0.2, -0.15) is 5.26 Å². The first kappa shape index (κ1) is 13.7. The minimum absolute atomic E-state index is 0.137. The lowest BCUT2D eigenvalue weighted by molar-refractivity contribution is 0.479. The lowest BCUT2D eigenvalue weighted by Gasteiger charge is -2.13. The number of hydrogen-bond acceptors (Lipinski definition) is 2. The largest absolute Gasteiger partial charge is 0.302 e. The maximum absolute atomic E-state index is 13.3. The van der Waals surface area contributed by atoms with Crippen molar-refractivity contribution in [3.8, 4) is 6.07 Å². The summed E-state index contributed by atoms with van der Waals surface area (Å²) >= 11 is 0. The van der Waals surface area contributed by atoms with Crippen LogP contribution in [0.2, 0.25) is 0 Å². The van der Waals surface area contributed by atoms with Crippen molar-refractivity contribution in [3.05, 3.63) is 35.6 Å². The Bertz CT molecular complexity index is 382. The number of nitriles is 1. The molecule has 1 N–H and O–H groups in total. The number of halogens is 1. The monoisotopic (exact) mass is 234 g/mol. The highest BCUT2D eigenvalue weighted by molar-refractivity contribution is 5.17. The highest BCUT2D eigenvalue weighted by atomic mass is 19.1. The molecule has 0 aliphatic rings. The van der Waals surface area contributed by atoms with Crippen LogP contribution in [0.4, 0.5) is 4.39 Å². The predicted octanol–water partition coefficient (Wildman–Crippen LogP) is 2.90. The van der Waals surface area contributed by atoms with Gasteiger partial charge in [0, 0.05) is 6.54 Å². The third kappa shape index (κ3) is 4.97. The number of benzene rings is 1. The number of hydrogen-bond donors (Lipinski definition) is 1. The molecule has 0 aliphatic carbocycles. The van der Waals surface area contributed by atoms with E-state index in [0.29, 0.717) is 24.4 Å². The summed E-state index contributed by atoms with van der Waals surface area (Å²) < 4.78 is 13.3. The average molecular weight is 234 g/mol. The van der Waals surface area contributed by atoms with Gasteiger partial charge in [-0.3, -0.25) is 0 Å². The number of nitrogens with one attached hydrogen (secondary N) is 1. The second-order valence-electron chi connectivity index (χ2n) is 4.61. The van der Waals surface area contributed by atoms with Crippen LogP contribution in [0.25, 0.3) is 0 Å². The Labute approximate surface area is 102 Å². The molecule has 0 amide bonds. The third-order valence-corrected chi connectivity index (χ3v) is 2.61. The fraction of sp³-hybridized carbons (Fsp3) is 0.500. The lowest BCUT2D eigenvalue weighted by Crippen LogP contribution is -2.30. The summed E-state index contributed by atoms with van der Waals surface area (Å²) in [6.45, 7) is 4.80. The minimum Gasteiger partial charge on any atom is -0.302 e. The maximum Gasteiger partial charge on any atom is 0.126 e. The van der Waals surface area contributed by atoms with Gasteiger partial charge >= 0.3 is 0 Å². The summed E-state index contributed by atoms with van der Waals surface area (Å²) in [5.74, 6) is 0.312. The van der Waals surface area contributed by atoms with E-state index in [9.17, 15) is 4.39 Å². The molecule has 0 saturated heterocycles. The second-order valence-corrected chi connectivity index (χ2v) is 4.61. The van der Waals surface area contributed by atoms with E-state index in [-0.39, 0.29) is 11.9 Å². The Kier molecular flexibility index (Phi) is 5.65. The molecular formula is C14H19FN2. The second kappa shape index (κ2) is 7.03. The van der Waals surface area contributed by atoms with Crippen LogP contribution in [-0.4, -0.2) is 12.6 Å². The van der Waals surface area contributed by atoms with Crippen molar-refractivity contribution in [2.24, 2.45) is 5.92 Å². The highest BCUT2D eigenvalue weighted by Gasteiger charge is 2.09. The minimum atomic E-state index is -0.174. The normalized spacial score (nSPS) is 12.4. The highest BCUT2D eigenvalue weighted by Crippen LogP contribution is 2.07. The molecule has 0 fully saturated rings. The Morgan fingerprint density at radius 1 is 1.35 bits per heavy atom. The molecular weight excluding hydrogens is 215 g/mol. The molecule has 0 aromatic heterocycles. The zero-order valence-corrected chi connectivity index (χ0v) is 10.4. The van der Waals surface area contributed by atoms with Gasteiger partial charge in [-0.15, -0.1) is 0 Å². The Morgan fingerprint density at radius 3 is 2.65 bits per heavy atom. The fourth-order valence-corrected chi connectivity index (χ4v) is 1.74. The summed E-state index contributed by atoms with van der Waals surface area (Å²) in [6, 6.07) is 8.85. The third-order valence-electron chi connectivity index (χ3n) is 2.61. The van der Waals surface area contributed by atoms with Crippen molar-refractivity contribution < 1.29 is 4.39 Å². The average Bonchev–Trinajstić information content (AvgIpc) is 2.29. The molecule has 0 spiro atoms. The van der Waals surface area contributed by atoms with Crippen LogP contribution in [0, 0.1) is 23.1 Å². The van der Waals surface area contributed by atoms with Gasteiger partial charge < -0.3 is 5.32 Å². The maximum atomic E-state index is 13.3. The van der Waals surface area contributed by atoms with Gasteiger partial charge in [0.05, 0.1) is 12.1 Å². The quantitative estimate of drug-likeness (QED) is 0.821. The van der Waals surface area contributed by atoms with E-state index in [4.69, 9.17) is 5.26 Å². The molecule has 2 nitrogen and oxygen atoms in total. The van der Waals surface area contributed by atoms with Crippen LogP contribution in [-0.2, 0) is 6.42 Å².